The summed E-state index contributed by atoms with van der Waals surface area (Å²) in [6.45, 7) is 3.32. The Kier molecular flexibility index (Phi) is 7.18. The van der Waals surface area contributed by atoms with Gasteiger partial charge in [0.15, 0.2) is 23.3 Å². The molecule has 30 heavy (non-hydrogen) atoms. The summed E-state index contributed by atoms with van der Waals surface area (Å²) in [5.41, 5.74) is 1.32. The van der Waals surface area contributed by atoms with Crippen LogP contribution in [0.25, 0.3) is 0 Å². The fourth-order valence-corrected chi connectivity index (χ4v) is 4.20. The van der Waals surface area contributed by atoms with Crippen LogP contribution in [0.1, 0.15) is 49.3 Å². The minimum absolute atomic E-state index is 0.0385. The maximum absolute atomic E-state index is 5.56. The van der Waals surface area contributed by atoms with E-state index >= 15 is 0 Å². The summed E-state index contributed by atoms with van der Waals surface area (Å²) >= 11 is 0. The van der Waals surface area contributed by atoms with E-state index in [1.165, 1.54) is 24.8 Å². The van der Waals surface area contributed by atoms with Crippen LogP contribution in [0, 0.1) is 6.92 Å². The Morgan fingerprint density at radius 3 is 2.43 bits per heavy atom. The van der Waals surface area contributed by atoms with Crippen LogP contribution >= 0.6 is 0 Å². The topological polar surface area (TPSA) is 85.6 Å². The van der Waals surface area contributed by atoms with E-state index in [1.54, 1.807) is 21.3 Å². The van der Waals surface area contributed by atoms with Crippen molar-refractivity contribution < 1.29 is 9.47 Å². The van der Waals surface area contributed by atoms with Crippen molar-refractivity contribution >= 4 is 5.96 Å². The molecule has 1 aliphatic carbocycles. The molecule has 1 aliphatic rings. The molecule has 0 spiro atoms. The maximum Gasteiger partial charge on any atom is 0.191 e. The summed E-state index contributed by atoms with van der Waals surface area (Å²) in [6, 6.07) is 6.31. The summed E-state index contributed by atoms with van der Waals surface area (Å²) in [6.07, 6.45) is 6.00. The van der Waals surface area contributed by atoms with Gasteiger partial charge in [-0.2, -0.15) is 0 Å². The molecule has 0 aliphatic heterocycles. The molecule has 0 unspecified atom stereocenters. The zero-order valence-electron chi connectivity index (χ0n) is 18.8. The number of hydrogen-bond donors (Lipinski definition) is 2. The molecule has 0 atom stereocenters. The van der Waals surface area contributed by atoms with Gasteiger partial charge in [0.1, 0.15) is 5.82 Å². The van der Waals surface area contributed by atoms with Crippen LogP contribution in [-0.4, -0.2) is 48.5 Å². The quantitative estimate of drug-likeness (QED) is 0.535. The molecule has 0 bridgehead atoms. The van der Waals surface area contributed by atoms with E-state index in [1.807, 2.05) is 24.6 Å². The number of hydrogen-bond acceptors (Lipinski definition) is 5. The molecule has 1 aromatic heterocycles. The molecule has 0 amide bonds. The summed E-state index contributed by atoms with van der Waals surface area (Å²) in [4.78, 5) is 4.40. The van der Waals surface area contributed by atoms with Crippen molar-refractivity contribution in [2.24, 2.45) is 12.0 Å². The van der Waals surface area contributed by atoms with Gasteiger partial charge < -0.3 is 24.7 Å². The maximum atomic E-state index is 5.56. The molecular weight excluding hydrogens is 380 g/mol. The third kappa shape index (κ3) is 4.68. The molecule has 0 radical (unpaired) electrons. The van der Waals surface area contributed by atoms with Crippen molar-refractivity contribution in [3.05, 3.63) is 35.4 Å². The van der Waals surface area contributed by atoms with E-state index in [9.17, 15) is 0 Å². The number of guanidine groups is 1. The standard InChI is InChI=1S/C22H34N6O2/c1-16-26-27-20(28(16)3)14-24-21(23-2)25-15-22(11-7-6-8-12-22)17-9-10-18(29-4)19(13-17)30-5/h9-10,13H,6-8,11-12,14-15H2,1-5H3,(H2,23,24,25). The summed E-state index contributed by atoms with van der Waals surface area (Å²) < 4.78 is 13.0. The van der Waals surface area contributed by atoms with Gasteiger partial charge in [-0.1, -0.05) is 25.3 Å². The number of aromatic nitrogens is 3. The van der Waals surface area contributed by atoms with Gasteiger partial charge >= 0.3 is 0 Å². The van der Waals surface area contributed by atoms with Gasteiger partial charge in [0.2, 0.25) is 0 Å². The predicted octanol–water partition coefficient (Wildman–Crippen LogP) is 2.71. The lowest BCUT2D eigenvalue weighted by Crippen LogP contribution is -2.46. The van der Waals surface area contributed by atoms with Gasteiger partial charge in [0.05, 0.1) is 20.8 Å². The van der Waals surface area contributed by atoms with Crippen LogP contribution in [0.2, 0.25) is 0 Å². The Bertz CT molecular complexity index is 871. The second-order valence-corrected chi connectivity index (χ2v) is 7.91. The fourth-order valence-electron chi connectivity index (χ4n) is 4.20. The van der Waals surface area contributed by atoms with Crippen LogP contribution < -0.4 is 20.1 Å². The molecule has 3 rings (SSSR count). The minimum atomic E-state index is 0.0385. The number of aryl methyl sites for hydroxylation is 1. The lowest BCUT2D eigenvalue weighted by molar-refractivity contribution is 0.288. The molecule has 1 saturated carbocycles. The van der Waals surface area contributed by atoms with Crippen molar-refractivity contribution in [1.82, 2.24) is 25.4 Å². The Morgan fingerprint density at radius 1 is 1.10 bits per heavy atom. The first-order valence-electron chi connectivity index (χ1n) is 10.5. The monoisotopic (exact) mass is 414 g/mol. The molecule has 0 saturated heterocycles. The van der Waals surface area contributed by atoms with Gasteiger partial charge in [0.25, 0.3) is 0 Å². The number of nitrogens with zero attached hydrogens (tertiary/aromatic N) is 4. The highest BCUT2D eigenvalue weighted by atomic mass is 16.5. The molecule has 2 N–H and O–H groups in total. The smallest absolute Gasteiger partial charge is 0.191 e. The predicted molar refractivity (Wildman–Crippen MR) is 118 cm³/mol. The summed E-state index contributed by atoms with van der Waals surface area (Å²) in [7, 11) is 7.12. The van der Waals surface area contributed by atoms with E-state index in [0.29, 0.717) is 6.54 Å². The molecular formula is C22H34N6O2. The van der Waals surface area contributed by atoms with Crippen molar-refractivity contribution in [1.29, 1.82) is 0 Å². The van der Waals surface area contributed by atoms with Crippen LogP contribution in [0.5, 0.6) is 11.5 Å². The zero-order chi connectivity index (χ0) is 21.6. The summed E-state index contributed by atoms with van der Waals surface area (Å²) in [5, 5.41) is 15.2. The van der Waals surface area contributed by atoms with E-state index in [4.69, 9.17) is 9.47 Å². The van der Waals surface area contributed by atoms with Crippen LogP contribution in [0.3, 0.4) is 0 Å². The number of rotatable bonds is 7. The molecule has 8 heteroatoms. The second-order valence-electron chi connectivity index (χ2n) is 7.91. The Hall–Kier alpha value is -2.77. The average molecular weight is 415 g/mol. The van der Waals surface area contributed by atoms with Gasteiger partial charge in [-0.3, -0.25) is 4.99 Å². The number of methoxy groups -OCH3 is 2. The minimum Gasteiger partial charge on any atom is -0.493 e. The lowest BCUT2D eigenvalue weighted by Gasteiger charge is -2.38. The zero-order valence-corrected chi connectivity index (χ0v) is 18.8. The molecule has 1 aromatic carbocycles. The average Bonchev–Trinajstić information content (AvgIpc) is 3.11. The normalized spacial score (nSPS) is 16.2. The first-order chi connectivity index (χ1) is 14.5. The van der Waals surface area contributed by atoms with Crippen molar-refractivity contribution in [2.45, 2.75) is 51.0 Å². The first kappa shape index (κ1) is 21.9. The third-order valence-corrected chi connectivity index (χ3v) is 6.22. The van der Waals surface area contributed by atoms with Gasteiger partial charge in [-0.15, -0.1) is 10.2 Å². The third-order valence-electron chi connectivity index (χ3n) is 6.22. The highest BCUT2D eigenvalue weighted by Crippen LogP contribution is 2.42. The van der Waals surface area contributed by atoms with Crippen molar-refractivity contribution in [2.75, 3.05) is 27.8 Å². The number of ether oxygens (including phenoxy) is 2. The molecule has 8 nitrogen and oxygen atoms in total. The van der Waals surface area contributed by atoms with Gasteiger partial charge in [-0.05, 0) is 37.5 Å². The SMILES string of the molecule is CN=C(NCc1nnc(C)n1C)NCC1(c2ccc(OC)c(OC)c2)CCCCC1. The Morgan fingerprint density at radius 2 is 1.83 bits per heavy atom. The van der Waals surface area contributed by atoms with Crippen LogP contribution in [0.15, 0.2) is 23.2 Å². The van der Waals surface area contributed by atoms with E-state index in [0.717, 1.165) is 48.5 Å². The van der Waals surface area contributed by atoms with Gasteiger partial charge in [0, 0.05) is 26.1 Å². The van der Waals surface area contributed by atoms with Gasteiger partial charge in [-0.25, -0.2) is 0 Å². The van der Waals surface area contributed by atoms with E-state index < -0.39 is 0 Å². The second kappa shape index (κ2) is 9.82. The van der Waals surface area contributed by atoms with Crippen LogP contribution in [0.4, 0.5) is 0 Å². The lowest BCUT2D eigenvalue weighted by atomic mass is 9.69. The molecule has 2 aromatic rings. The Balaban J connectivity index is 1.73. The highest BCUT2D eigenvalue weighted by molar-refractivity contribution is 5.79. The number of benzene rings is 1. The van der Waals surface area contributed by atoms with Crippen LogP contribution in [-0.2, 0) is 19.0 Å². The molecule has 164 valence electrons. The van der Waals surface area contributed by atoms with E-state index in [-0.39, 0.29) is 5.41 Å². The fraction of sp³-hybridized carbons (Fsp3) is 0.591. The van der Waals surface area contributed by atoms with Crippen molar-refractivity contribution in [3.63, 3.8) is 0 Å². The summed E-state index contributed by atoms with van der Waals surface area (Å²) in [5.74, 6) is 4.07. The first-order valence-corrected chi connectivity index (χ1v) is 10.5. The Labute approximate surface area is 179 Å². The van der Waals surface area contributed by atoms with Crippen molar-refractivity contribution in [3.8, 4) is 11.5 Å². The van der Waals surface area contributed by atoms with E-state index in [2.05, 4.69) is 38.0 Å². The number of aliphatic imine (C=N–C) groups is 1. The number of nitrogens with one attached hydrogen (secondary N) is 2. The molecule has 1 fully saturated rings. The largest absolute Gasteiger partial charge is 0.493 e. The molecule has 1 heterocycles. The highest BCUT2D eigenvalue weighted by Gasteiger charge is 2.34.